The number of hydrogen-bond donors (Lipinski definition) is 0. The van der Waals surface area contributed by atoms with Crippen molar-refractivity contribution in [1.82, 2.24) is 0 Å². The van der Waals surface area contributed by atoms with Crippen LogP contribution in [-0.4, -0.2) is 7.11 Å². The molecule has 0 atom stereocenters. The van der Waals surface area contributed by atoms with Crippen LogP contribution >= 0.6 is 0 Å². The Morgan fingerprint density at radius 1 is 1.36 bits per heavy atom. The summed E-state index contributed by atoms with van der Waals surface area (Å²) in [6, 6.07) is 9.05. The van der Waals surface area contributed by atoms with Gasteiger partial charge in [-0.05, 0) is 23.8 Å². The molecule has 1 rings (SSSR count). The zero-order valence-corrected chi connectivity index (χ0v) is 7.69. The van der Waals surface area contributed by atoms with E-state index in [0.717, 1.165) is 5.56 Å². The Balaban J connectivity index is 3.10. The first-order chi connectivity index (χ1) is 6.81. The monoisotopic (exact) mass is 184 g/mol. The van der Waals surface area contributed by atoms with Gasteiger partial charge in [0.2, 0.25) is 0 Å². The standard InChI is InChI=1S/C11H8N2O/c1-14-11-7-9(3-2-6-12)4-5-10(11)8-13/h2-5,7H,1H3. The lowest BCUT2D eigenvalue weighted by molar-refractivity contribution is 0.413. The fraction of sp³-hybridized carbons (Fsp3) is 0.0909. The Bertz CT molecular complexity index is 436. The molecular weight excluding hydrogens is 176 g/mol. The zero-order valence-electron chi connectivity index (χ0n) is 7.69. The molecule has 3 heteroatoms. The van der Waals surface area contributed by atoms with E-state index >= 15 is 0 Å². The molecule has 0 heterocycles. The van der Waals surface area contributed by atoms with E-state index < -0.39 is 0 Å². The molecule has 14 heavy (non-hydrogen) atoms. The Hall–Kier alpha value is -2.26. The molecule has 0 aliphatic carbocycles. The van der Waals surface area contributed by atoms with E-state index in [-0.39, 0.29) is 0 Å². The summed E-state index contributed by atoms with van der Waals surface area (Å²) in [5.41, 5.74) is 1.32. The van der Waals surface area contributed by atoms with Gasteiger partial charge < -0.3 is 4.74 Å². The number of rotatable bonds is 2. The lowest BCUT2D eigenvalue weighted by Crippen LogP contribution is -1.88. The minimum Gasteiger partial charge on any atom is -0.495 e. The third-order valence-corrected chi connectivity index (χ3v) is 1.70. The first kappa shape index (κ1) is 9.83. The third-order valence-electron chi connectivity index (χ3n) is 1.70. The minimum atomic E-state index is 0.488. The summed E-state index contributed by atoms with van der Waals surface area (Å²) < 4.78 is 5.02. The van der Waals surface area contributed by atoms with E-state index in [1.807, 2.05) is 12.1 Å². The summed E-state index contributed by atoms with van der Waals surface area (Å²) >= 11 is 0. The van der Waals surface area contributed by atoms with Crippen molar-refractivity contribution in [3.8, 4) is 17.9 Å². The second-order valence-corrected chi connectivity index (χ2v) is 2.53. The highest BCUT2D eigenvalue weighted by molar-refractivity contribution is 5.57. The number of nitrogens with zero attached hydrogens (tertiary/aromatic N) is 2. The van der Waals surface area contributed by atoms with Crippen LogP contribution in [0.25, 0.3) is 6.08 Å². The van der Waals surface area contributed by atoms with Crippen LogP contribution in [0.2, 0.25) is 0 Å². The van der Waals surface area contributed by atoms with Crippen molar-refractivity contribution < 1.29 is 4.74 Å². The molecule has 0 unspecified atom stereocenters. The summed E-state index contributed by atoms with van der Waals surface area (Å²) in [4.78, 5) is 0. The van der Waals surface area contributed by atoms with Crippen molar-refractivity contribution in [3.63, 3.8) is 0 Å². The van der Waals surface area contributed by atoms with Crippen molar-refractivity contribution in [2.45, 2.75) is 0 Å². The molecule has 0 aliphatic rings. The van der Waals surface area contributed by atoms with Gasteiger partial charge in [0, 0.05) is 6.08 Å². The molecule has 0 bridgehead atoms. The molecule has 0 amide bonds. The first-order valence-electron chi connectivity index (χ1n) is 3.96. The highest BCUT2D eigenvalue weighted by atomic mass is 16.5. The summed E-state index contributed by atoms with van der Waals surface area (Å²) in [6.07, 6.45) is 3.03. The van der Waals surface area contributed by atoms with Crippen LogP contribution in [0.4, 0.5) is 0 Å². The van der Waals surface area contributed by atoms with Gasteiger partial charge in [0.05, 0.1) is 18.7 Å². The molecule has 0 fully saturated rings. The lowest BCUT2D eigenvalue weighted by atomic mass is 10.1. The van der Waals surface area contributed by atoms with Crippen LogP contribution in [0, 0.1) is 22.7 Å². The fourth-order valence-electron chi connectivity index (χ4n) is 1.04. The van der Waals surface area contributed by atoms with E-state index in [4.69, 9.17) is 15.3 Å². The Morgan fingerprint density at radius 2 is 2.14 bits per heavy atom. The molecule has 1 aromatic rings. The van der Waals surface area contributed by atoms with Gasteiger partial charge in [0.25, 0.3) is 0 Å². The highest BCUT2D eigenvalue weighted by Gasteiger charge is 2.01. The van der Waals surface area contributed by atoms with Crippen LogP contribution in [0.1, 0.15) is 11.1 Å². The first-order valence-corrected chi connectivity index (χ1v) is 3.96. The zero-order chi connectivity index (χ0) is 10.4. The number of ether oxygens (including phenoxy) is 1. The van der Waals surface area contributed by atoms with Crippen molar-refractivity contribution in [2.75, 3.05) is 7.11 Å². The summed E-state index contributed by atoms with van der Waals surface area (Å²) in [5, 5.41) is 17.1. The smallest absolute Gasteiger partial charge is 0.137 e. The molecule has 0 aromatic heterocycles. The number of methoxy groups -OCH3 is 1. The number of benzene rings is 1. The minimum absolute atomic E-state index is 0.488. The predicted octanol–water partition coefficient (Wildman–Crippen LogP) is 2.10. The summed E-state index contributed by atoms with van der Waals surface area (Å²) in [7, 11) is 1.51. The predicted molar refractivity (Wildman–Crippen MR) is 52.4 cm³/mol. The normalized spacial score (nSPS) is 9.36. The van der Waals surface area contributed by atoms with Crippen molar-refractivity contribution in [2.24, 2.45) is 0 Å². The quantitative estimate of drug-likeness (QED) is 0.661. The second-order valence-electron chi connectivity index (χ2n) is 2.53. The third kappa shape index (κ3) is 2.12. The van der Waals surface area contributed by atoms with Gasteiger partial charge in [-0.3, -0.25) is 0 Å². The molecule has 0 N–H and O–H groups in total. The topological polar surface area (TPSA) is 56.8 Å². The average Bonchev–Trinajstić information content (AvgIpc) is 2.25. The Morgan fingerprint density at radius 3 is 2.71 bits per heavy atom. The van der Waals surface area contributed by atoms with E-state index in [1.165, 1.54) is 13.2 Å². The highest BCUT2D eigenvalue weighted by Crippen LogP contribution is 2.19. The Kier molecular flexibility index (Phi) is 3.29. The maximum Gasteiger partial charge on any atom is 0.137 e. The van der Waals surface area contributed by atoms with Gasteiger partial charge in [0.15, 0.2) is 0 Å². The van der Waals surface area contributed by atoms with Crippen LogP contribution in [0.3, 0.4) is 0 Å². The van der Waals surface area contributed by atoms with E-state index in [1.54, 1.807) is 24.3 Å². The molecule has 68 valence electrons. The SMILES string of the molecule is COc1cc(C=CC#N)ccc1C#N. The molecule has 1 aromatic carbocycles. The molecule has 0 spiro atoms. The van der Waals surface area contributed by atoms with Gasteiger partial charge in [-0.25, -0.2) is 0 Å². The van der Waals surface area contributed by atoms with Crippen molar-refractivity contribution in [1.29, 1.82) is 10.5 Å². The maximum atomic E-state index is 8.72. The van der Waals surface area contributed by atoms with E-state index in [2.05, 4.69) is 0 Å². The number of allylic oxidation sites excluding steroid dienone is 1. The summed E-state index contributed by atoms with van der Waals surface area (Å²) in [6.45, 7) is 0. The van der Waals surface area contributed by atoms with E-state index in [9.17, 15) is 0 Å². The number of hydrogen-bond acceptors (Lipinski definition) is 3. The maximum absolute atomic E-state index is 8.72. The van der Waals surface area contributed by atoms with Crippen molar-refractivity contribution >= 4 is 6.08 Å². The van der Waals surface area contributed by atoms with Crippen LogP contribution < -0.4 is 4.74 Å². The number of nitriles is 2. The van der Waals surface area contributed by atoms with Gasteiger partial charge in [0.1, 0.15) is 11.8 Å². The van der Waals surface area contributed by atoms with Gasteiger partial charge >= 0.3 is 0 Å². The fourth-order valence-corrected chi connectivity index (χ4v) is 1.04. The van der Waals surface area contributed by atoms with Gasteiger partial charge in [-0.1, -0.05) is 6.07 Å². The molecule has 0 aliphatic heterocycles. The van der Waals surface area contributed by atoms with E-state index in [0.29, 0.717) is 11.3 Å². The molecule has 3 nitrogen and oxygen atoms in total. The average molecular weight is 184 g/mol. The van der Waals surface area contributed by atoms with Crippen molar-refractivity contribution in [3.05, 3.63) is 35.4 Å². The van der Waals surface area contributed by atoms with Crippen LogP contribution in [-0.2, 0) is 0 Å². The summed E-state index contributed by atoms with van der Waals surface area (Å²) in [5.74, 6) is 0.521. The molecule has 0 radical (unpaired) electrons. The molecule has 0 saturated heterocycles. The second kappa shape index (κ2) is 4.69. The van der Waals surface area contributed by atoms with Crippen LogP contribution in [0.15, 0.2) is 24.3 Å². The lowest BCUT2D eigenvalue weighted by Gasteiger charge is -2.02. The van der Waals surface area contributed by atoms with Crippen LogP contribution in [0.5, 0.6) is 5.75 Å². The Labute approximate surface area is 82.5 Å². The largest absolute Gasteiger partial charge is 0.495 e. The van der Waals surface area contributed by atoms with Gasteiger partial charge in [-0.2, -0.15) is 10.5 Å². The molecular formula is C11H8N2O. The molecule has 0 saturated carbocycles. The van der Waals surface area contributed by atoms with Gasteiger partial charge in [-0.15, -0.1) is 0 Å².